The minimum absolute atomic E-state index is 0.321. The Morgan fingerprint density at radius 2 is 2.25 bits per heavy atom. The number of nitrogens with one attached hydrogen (secondary N) is 1. The van der Waals surface area contributed by atoms with Gasteiger partial charge in [-0.05, 0) is 41.3 Å². The lowest BCUT2D eigenvalue weighted by molar-refractivity contribution is 0.620. The first-order valence-corrected chi connectivity index (χ1v) is 6.36. The van der Waals surface area contributed by atoms with E-state index in [-0.39, 0.29) is 5.82 Å². The van der Waals surface area contributed by atoms with Gasteiger partial charge in [-0.3, -0.25) is 0 Å². The number of nitrogen functional groups attached to an aromatic ring is 1. The van der Waals surface area contributed by atoms with E-state index >= 15 is 0 Å². The summed E-state index contributed by atoms with van der Waals surface area (Å²) in [5.41, 5.74) is 7.03. The van der Waals surface area contributed by atoms with Gasteiger partial charge in [0.05, 0.1) is 15.8 Å². The van der Waals surface area contributed by atoms with Gasteiger partial charge in [-0.15, -0.1) is 0 Å². The van der Waals surface area contributed by atoms with Crippen molar-refractivity contribution in [3.05, 3.63) is 22.4 Å². The zero-order valence-corrected chi connectivity index (χ0v) is 10.8. The van der Waals surface area contributed by atoms with Crippen molar-refractivity contribution in [2.75, 3.05) is 11.1 Å². The number of hydrogen-bond donors (Lipinski definition) is 2. The molecule has 1 aromatic carbocycles. The molecule has 4 heteroatoms. The van der Waals surface area contributed by atoms with Crippen molar-refractivity contribution in [2.45, 2.75) is 32.2 Å². The highest BCUT2D eigenvalue weighted by Crippen LogP contribution is 2.35. The highest BCUT2D eigenvalue weighted by molar-refractivity contribution is 9.10. The lowest BCUT2D eigenvalue weighted by atomic mass is 10.1. The molecule has 88 valence electrons. The van der Waals surface area contributed by atoms with Crippen molar-refractivity contribution >= 4 is 27.3 Å². The van der Waals surface area contributed by atoms with Crippen molar-refractivity contribution in [3.8, 4) is 0 Å². The summed E-state index contributed by atoms with van der Waals surface area (Å²) in [7, 11) is 0. The lowest BCUT2D eigenvalue weighted by Crippen LogP contribution is -2.16. The molecule has 1 aliphatic carbocycles. The fourth-order valence-corrected chi connectivity index (χ4v) is 2.21. The van der Waals surface area contributed by atoms with Gasteiger partial charge < -0.3 is 11.1 Å². The van der Waals surface area contributed by atoms with Crippen LogP contribution >= 0.6 is 15.9 Å². The van der Waals surface area contributed by atoms with E-state index in [1.807, 2.05) is 0 Å². The van der Waals surface area contributed by atoms with Gasteiger partial charge in [0.1, 0.15) is 5.82 Å². The third kappa shape index (κ3) is 2.88. The van der Waals surface area contributed by atoms with E-state index in [1.54, 1.807) is 6.07 Å². The SMILES string of the molecule is CC(CC1CC1)Nc1cc(Br)c(F)cc1N. The predicted octanol–water partition coefficient (Wildman–Crippen LogP) is 3.77. The van der Waals surface area contributed by atoms with Gasteiger partial charge in [-0.1, -0.05) is 12.8 Å². The maximum atomic E-state index is 13.2. The van der Waals surface area contributed by atoms with Crippen molar-refractivity contribution < 1.29 is 4.39 Å². The first-order chi connectivity index (χ1) is 7.56. The Morgan fingerprint density at radius 3 is 2.88 bits per heavy atom. The van der Waals surface area contributed by atoms with E-state index in [4.69, 9.17) is 5.73 Å². The first kappa shape index (κ1) is 11.7. The zero-order chi connectivity index (χ0) is 11.7. The monoisotopic (exact) mass is 286 g/mol. The molecule has 0 aromatic heterocycles. The molecule has 3 N–H and O–H groups in total. The Hall–Kier alpha value is -0.770. The van der Waals surface area contributed by atoms with Crippen molar-refractivity contribution in [1.29, 1.82) is 0 Å². The minimum Gasteiger partial charge on any atom is -0.397 e. The molecule has 0 saturated heterocycles. The molecule has 2 nitrogen and oxygen atoms in total. The molecule has 1 aromatic rings. The normalized spacial score (nSPS) is 17.2. The Balaban J connectivity index is 2.04. The number of benzene rings is 1. The van der Waals surface area contributed by atoms with Crippen LogP contribution in [0.15, 0.2) is 16.6 Å². The van der Waals surface area contributed by atoms with Crippen molar-refractivity contribution in [1.82, 2.24) is 0 Å². The van der Waals surface area contributed by atoms with Crippen LogP contribution in [-0.2, 0) is 0 Å². The van der Waals surface area contributed by atoms with E-state index < -0.39 is 0 Å². The molecule has 2 rings (SSSR count). The Bertz CT molecular complexity index is 391. The molecule has 1 saturated carbocycles. The number of rotatable bonds is 4. The quantitative estimate of drug-likeness (QED) is 0.827. The van der Waals surface area contributed by atoms with Gasteiger partial charge in [-0.25, -0.2) is 4.39 Å². The molecular weight excluding hydrogens is 271 g/mol. The predicted molar refractivity (Wildman–Crippen MR) is 68.9 cm³/mol. The van der Waals surface area contributed by atoms with Gasteiger partial charge >= 0.3 is 0 Å². The van der Waals surface area contributed by atoms with Crippen LogP contribution in [0.2, 0.25) is 0 Å². The summed E-state index contributed by atoms with van der Waals surface area (Å²) in [6, 6.07) is 3.43. The Labute approximate surface area is 104 Å². The highest BCUT2D eigenvalue weighted by Gasteiger charge is 2.23. The zero-order valence-electron chi connectivity index (χ0n) is 9.26. The van der Waals surface area contributed by atoms with E-state index in [0.717, 1.165) is 18.0 Å². The second-order valence-corrected chi connectivity index (χ2v) is 5.43. The van der Waals surface area contributed by atoms with Gasteiger partial charge in [0.25, 0.3) is 0 Å². The van der Waals surface area contributed by atoms with Crippen LogP contribution in [0.3, 0.4) is 0 Å². The molecule has 1 unspecified atom stereocenters. The average Bonchev–Trinajstić information content (AvgIpc) is 2.98. The maximum Gasteiger partial charge on any atom is 0.139 e. The lowest BCUT2D eigenvalue weighted by Gasteiger charge is -2.17. The number of nitrogens with two attached hydrogens (primary N) is 1. The number of hydrogen-bond acceptors (Lipinski definition) is 2. The molecule has 0 aliphatic heterocycles. The highest BCUT2D eigenvalue weighted by atomic mass is 79.9. The molecule has 0 radical (unpaired) electrons. The van der Waals surface area contributed by atoms with E-state index in [2.05, 4.69) is 28.2 Å². The Morgan fingerprint density at radius 1 is 1.56 bits per heavy atom. The van der Waals surface area contributed by atoms with Crippen LogP contribution in [0.25, 0.3) is 0 Å². The summed E-state index contributed by atoms with van der Waals surface area (Å²) >= 11 is 3.16. The minimum atomic E-state index is -0.321. The van der Waals surface area contributed by atoms with Crippen LogP contribution in [0.4, 0.5) is 15.8 Å². The molecule has 16 heavy (non-hydrogen) atoms. The molecule has 0 heterocycles. The Kier molecular flexibility index (Phi) is 3.38. The molecule has 1 fully saturated rings. The van der Waals surface area contributed by atoms with Crippen LogP contribution in [0.5, 0.6) is 0 Å². The van der Waals surface area contributed by atoms with Gasteiger partial charge in [0.2, 0.25) is 0 Å². The van der Waals surface area contributed by atoms with Gasteiger partial charge in [-0.2, -0.15) is 0 Å². The maximum absolute atomic E-state index is 13.2. The molecule has 1 atom stereocenters. The summed E-state index contributed by atoms with van der Waals surface area (Å²) in [4.78, 5) is 0. The molecule has 1 aliphatic rings. The van der Waals surface area contributed by atoms with Crippen LogP contribution in [0, 0.1) is 11.7 Å². The van der Waals surface area contributed by atoms with Crippen LogP contribution in [0.1, 0.15) is 26.2 Å². The standard InChI is InChI=1S/C12H16BrFN2/c1-7(4-8-2-3-8)16-12-5-9(13)10(14)6-11(12)15/h5-8,16H,2-4,15H2,1H3. The van der Waals surface area contributed by atoms with Crippen LogP contribution < -0.4 is 11.1 Å². The third-order valence-corrected chi connectivity index (χ3v) is 3.49. The summed E-state index contributed by atoms with van der Waals surface area (Å²) in [6.07, 6.45) is 3.84. The fourth-order valence-electron chi connectivity index (χ4n) is 1.87. The average molecular weight is 287 g/mol. The number of anilines is 2. The van der Waals surface area contributed by atoms with Gasteiger partial charge in [0, 0.05) is 12.1 Å². The smallest absolute Gasteiger partial charge is 0.139 e. The molecule has 0 amide bonds. The fraction of sp³-hybridized carbons (Fsp3) is 0.500. The van der Waals surface area contributed by atoms with E-state index in [9.17, 15) is 4.39 Å². The second-order valence-electron chi connectivity index (χ2n) is 4.58. The van der Waals surface area contributed by atoms with Crippen molar-refractivity contribution in [3.63, 3.8) is 0 Å². The summed E-state index contributed by atoms with van der Waals surface area (Å²) < 4.78 is 13.6. The van der Waals surface area contributed by atoms with Gasteiger partial charge in [0.15, 0.2) is 0 Å². The summed E-state index contributed by atoms with van der Waals surface area (Å²) in [5.74, 6) is 0.547. The molecule has 0 spiro atoms. The number of halogens is 2. The molecular formula is C12H16BrFN2. The largest absolute Gasteiger partial charge is 0.397 e. The van der Waals surface area contributed by atoms with E-state index in [0.29, 0.717) is 16.2 Å². The first-order valence-electron chi connectivity index (χ1n) is 5.57. The summed E-state index contributed by atoms with van der Waals surface area (Å²) in [6.45, 7) is 2.13. The molecule has 0 bridgehead atoms. The second kappa shape index (κ2) is 4.62. The van der Waals surface area contributed by atoms with Crippen molar-refractivity contribution in [2.24, 2.45) is 5.92 Å². The third-order valence-electron chi connectivity index (χ3n) is 2.88. The summed E-state index contributed by atoms with van der Waals surface area (Å²) in [5, 5.41) is 3.33. The van der Waals surface area contributed by atoms with Crippen LogP contribution in [-0.4, -0.2) is 6.04 Å². The topological polar surface area (TPSA) is 38.0 Å². The van der Waals surface area contributed by atoms with E-state index in [1.165, 1.54) is 18.9 Å².